The van der Waals surface area contributed by atoms with Crippen LogP contribution in [0.15, 0.2) is 53.6 Å². The number of amides is 2. The lowest BCUT2D eigenvalue weighted by molar-refractivity contribution is -0.114. The number of nitrogens with one attached hydrogen (secondary N) is 1. The SMILES string of the molecule is COc1ccccc1/C=N\N1C(=S)SC(C)(C)[C@H]1N(O)C(=O)Nc1cccc(Cl)c1. The predicted molar refractivity (Wildman–Crippen MR) is 125 cm³/mol. The number of para-hydroxylation sites is 1. The van der Waals surface area contributed by atoms with Crippen molar-refractivity contribution >= 4 is 57.8 Å². The van der Waals surface area contributed by atoms with Gasteiger partial charge in [0.1, 0.15) is 5.75 Å². The molecule has 2 amide bonds. The molecule has 1 saturated heterocycles. The number of hydroxylamine groups is 2. The maximum absolute atomic E-state index is 12.7. The molecule has 0 unspecified atom stereocenters. The predicted octanol–water partition coefficient (Wildman–Crippen LogP) is 5.04. The third-order valence-corrected chi connectivity index (χ3v) is 6.14. The van der Waals surface area contributed by atoms with Crippen LogP contribution >= 0.6 is 35.6 Å². The second kappa shape index (κ2) is 9.22. The molecule has 0 radical (unpaired) electrons. The van der Waals surface area contributed by atoms with Gasteiger partial charge in [0, 0.05) is 16.3 Å². The van der Waals surface area contributed by atoms with Crippen LogP contribution in [0.1, 0.15) is 19.4 Å². The highest BCUT2D eigenvalue weighted by Gasteiger charge is 2.50. The Morgan fingerprint density at radius 2 is 2.10 bits per heavy atom. The third kappa shape index (κ3) is 4.86. The fourth-order valence-corrected chi connectivity index (χ4v) is 4.96. The van der Waals surface area contributed by atoms with Gasteiger partial charge in [-0.25, -0.2) is 9.80 Å². The van der Waals surface area contributed by atoms with Gasteiger partial charge >= 0.3 is 6.03 Å². The van der Waals surface area contributed by atoms with E-state index in [-0.39, 0.29) is 0 Å². The number of benzene rings is 2. The number of carbonyl (C=O) groups is 1. The first-order valence-corrected chi connectivity index (χ1v) is 10.6. The number of ether oxygens (including phenoxy) is 1. The summed E-state index contributed by atoms with van der Waals surface area (Å²) in [6.45, 7) is 3.76. The fraction of sp³-hybridized carbons (Fsp3) is 0.250. The number of halogens is 1. The minimum Gasteiger partial charge on any atom is -0.496 e. The Hall–Kier alpha value is -2.33. The van der Waals surface area contributed by atoms with Gasteiger partial charge in [-0.05, 0) is 44.2 Å². The van der Waals surface area contributed by atoms with Crippen molar-refractivity contribution in [2.45, 2.75) is 24.8 Å². The van der Waals surface area contributed by atoms with Crippen LogP contribution in [-0.2, 0) is 0 Å². The van der Waals surface area contributed by atoms with E-state index in [4.69, 9.17) is 28.6 Å². The highest BCUT2D eigenvalue weighted by molar-refractivity contribution is 8.24. The zero-order chi connectivity index (χ0) is 21.9. The molecular weight excluding hydrogens is 444 g/mol. The number of thiocarbonyl (C=S) groups is 1. The van der Waals surface area contributed by atoms with Gasteiger partial charge in [-0.1, -0.05) is 53.8 Å². The van der Waals surface area contributed by atoms with Gasteiger partial charge in [-0.3, -0.25) is 5.21 Å². The number of carbonyl (C=O) groups excluding carboxylic acids is 1. The number of nitrogens with zero attached hydrogens (tertiary/aromatic N) is 3. The van der Waals surface area contributed by atoms with Crippen LogP contribution in [-0.4, -0.2) is 49.9 Å². The lowest BCUT2D eigenvalue weighted by Gasteiger charge is -2.34. The number of methoxy groups -OCH3 is 1. The summed E-state index contributed by atoms with van der Waals surface area (Å²) < 4.78 is 5.15. The van der Waals surface area contributed by atoms with Crippen LogP contribution in [0, 0.1) is 0 Å². The number of hydrogen-bond acceptors (Lipinski definition) is 6. The van der Waals surface area contributed by atoms with Crippen molar-refractivity contribution in [3.8, 4) is 5.75 Å². The zero-order valence-corrected chi connectivity index (χ0v) is 19.0. The van der Waals surface area contributed by atoms with E-state index in [0.717, 1.165) is 5.56 Å². The average molecular weight is 465 g/mol. The molecule has 1 atom stereocenters. The van der Waals surface area contributed by atoms with Crippen molar-refractivity contribution in [3.63, 3.8) is 0 Å². The Kier molecular flexibility index (Phi) is 6.87. The highest BCUT2D eigenvalue weighted by Crippen LogP contribution is 2.42. The largest absolute Gasteiger partial charge is 0.496 e. The van der Waals surface area contributed by atoms with Crippen LogP contribution in [0.3, 0.4) is 0 Å². The van der Waals surface area contributed by atoms with E-state index >= 15 is 0 Å². The van der Waals surface area contributed by atoms with Crippen molar-refractivity contribution < 1.29 is 14.7 Å². The topological polar surface area (TPSA) is 77.4 Å². The molecule has 2 N–H and O–H groups in total. The highest BCUT2D eigenvalue weighted by atomic mass is 35.5. The van der Waals surface area contributed by atoms with Gasteiger partial charge in [-0.2, -0.15) is 10.2 Å². The molecule has 3 rings (SSSR count). The van der Waals surface area contributed by atoms with Crippen molar-refractivity contribution in [2.75, 3.05) is 12.4 Å². The number of hydrogen-bond donors (Lipinski definition) is 2. The second-order valence-corrected chi connectivity index (χ2v) is 9.69. The smallest absolute Gasteiger partial charge is 0.347 e. The second-order valence-electron chi connectivity index (χ2n) is 6.96. The first kappa shape index (κ1) is 22.4. The summed E-state index contributed by atoms with van der Waals surface area (Å²) in [5, 5.41) is 20.3. The molecule has 0 bridgehead atoms. The molecule has 1 aliphatic heterocycles. The lowest BCUT2D eigenvalue weighted by Crippen LogP contribution is -2.54. The minimum absolute atomic E-state index is 0.436. The number of rotatable bonds is 5. The molecule has 2 aromatic carbocycles. The maximum Gasteiger partial charge on any atom is 0.347 e. The first-order valence-electron chi connectivity index (χ1n) is 8.97. The molecule has 1 aliphatic rings. The van der Waals surface area contributed by atoms with Gasteiger partial charge < -0.3 is 10.1 Å². The fourth-order valence-electron chi connectivity index (χ4n) is 2.98. The Morgan fingerprint density at radius 1 is 1.37 bits per heavy atom. The summed E-state index contributed by atoms with van der Waals surface area (Å²) >= 11 is 12.8. The molecule has 0 aliphatic carbocycles. The maximum atomic E-state index is 12.7. The van der Waals surface area contributed by atoms with E-state index in [0.29, 0.717) is 25.8 Å². The summed E-state index contributed by atoms with van der Waals surface area (Å²) in [7, 11) is 1.57. The molecule has 2 aromatic rings. The standard InChI is InChI=1S/C20H21ClN4O3S2/c1-20(2)17(25(27)18(26)23-15-9-6-8-14(21)11-15)24(19(29)30-20)22-12-13-7-4-5-10-16(13)28-3/h4-12,17,27H,1-3H3,(H,23,26)/b22-12-/t17-/m1/s1. The monoisotopic (exact) mass is 464 g/mol. The van der Waals surface area contributed by atoms with Crippen molar-refractivity contribution in [1.82, 2.24) is 10.1 Å². The lowest BCUT2D eigenvalue weighted by atomic mass is 10.1. The van der Waals surface area contributed by atoms with Crippen molar-refractivity contribution in [2.24, 2.45) is 5.10 Å². The molecule has 0 spiro atoms. The van der Waals surface area contributed by atoms with Gasteiger partial charge in [-0.15, -0.1) is 0 Å². The molecule has 0 saturated carbocycles. The summed E-state index contributed by atoms with van der Waals surface area (Å²) in [6.07, 6.45) is 0.753. The quantitative estimate of drug-likeness (QED) is 0.279. The van der Waals surface area contributed by atoms with Gasteiger partial charge in [0.15, 0.2) is 10.5 Å². The van der Waals surface area contributed by atoms with Crippen molar-refractivity contribution in [3.05, 3.63) is 59.1 Å². The van der Waals surface area contributed by atoms with E-state index in [2.05, 4.69) is 10.4 Å². The van der Waals surface area contributed by atoms with Crippen LogP contribution < -0.4 is 10.1 Å². The van der Waals surface area contributed by atoms with E-state index in [1.54, 1.807) is 37.6 Å². The number of anilines is 1. The number of thioether (sulfide) groups is 1. The Balaban J connectivity index is 1.84. The Morgan fingerprint density at radius 3 is 2.80 bits per heavy atom. The number of hydrazone groups is 1. The van der Waals surface area contributed by atoms with Crippen LogP contribution in [0.4, 0.5) is 10.5 Å². The van der Waals surface area contributed by atoms with E-state index < -0.39 is 16.9 Å². The third-order valence-electron chi connectivity index (χ3n) is 4.37. The van der Waals surface area contributed by atoms with E-state index in [1.165, 1.54) is 16.8 Å². The normalized spacial score (nSPS) is 18.0. The van der Waals surface area contributed by atoms with Crippen LogP contribution in [0.5, 0.6) is 5.75 Å². The summed E-state index contributed by atoms with van der Waals surface area (Å²) in [5.74, 6) is 0.648. The molecule has 30 heavy (non-hydrogen) atoms. The van der Waals surface area contributed by atoms with E-state index in [1.807, 2.05) is 38.1 Å². The summed E-state index contributed by atoms with van der Waals surface area (Å²) in [6, 6.07) is 13.3. The van der Waals surface area contributed by atoms with Crippen LogP contribution in [0.2, 0.25) is 5.02 Å². The van der Waals surface area contributed by atoms with Crippen LogP contribution in [0.25, 0.3) is 0 Å². The Labute approximate surface area is 189 Å². The van der Waals surface area contributed by atoms with Gasteiger partial charge in [0.2, 0.25) is 0 Å². The minimum atomic E-state index is -0.833. The molecule has 1 heterocycles. The first-order chi connectivity index (χ1) is 14.2. The molecule has 158 valence electrons. The molecule has 0 aromatic heterocycles. The Bertz CT molecular complexity index is 986. The molecular formula is C20H21ClN4O3S2. The average Bonchev–Trinajstić information content (AvgIpc) is 2.93. The summed E-state index contributed by atoms with van der Waals surface area (Å²) in [5.41, 5.74) is 1.20. The van der Waals surface area contributed by atoms with Gasteiger partial charge in [0.25, 0.3) is 0 Å². The molecule has 10 heteroatoms. The zero-order valence-electron chi connectivity index (χ0n) is 16.6. The van der Waals surface area contributed by atoms with Crippen molar-refractivity contribution in [1.29, 1.82) is 0 Å². The molecule has 7 nitrogen and oxygen atoms in total. The van der Waals surface area contributed by atoms with E-state index in [9.17, 15) is 10.0 Å². The molecule has 1 fully saturated rings. The van der Waals surface area contributed by atoms with Gasteiger partial charge in [0.05, 0.1) is 18.1 Å². The summed E-state index contributed by atoms with van der Waals surface area (Å²) in [4.78, 5) is 12.7. The number of urea groups is 1.